The van der Waals surface area contributed by atoms with E-state index in [0.717, 1.165) is 26.7 Å². The highest BCUT2D eigenvalue weighted by Gasteiger charge is 2.38. The number of benzene rings is 3. The van der Waals surface area contributed by atoms with Crippen LogP contribution in [0.25, 0.3) is 11.1 Å². The first kappa shape index (κ1) is 17.5. The van der Waals surface area contributed by atoms with Gasteiger partial charge in [-0.3, -0.25) is 4.79 Å². The Morgan fingerprint density at radius 3 is 2.04 bits per heavy atom. The van der Waals surface area contributed by atoms with Crippen LogP contribution in [-0.2, 0) is 4.79 Å². The third-order valence-corrected chi connectivity index (χ3v) is 5.35. The molecule has 0 saturated heterocycles. The Bertz CT molecular complexity index is 1000. The molecule has 5 heteroatoms. The van der Waals surface area contributed by atoms with Crippen molar-refractivity contribution in [3.05, 3.63) is 94.0 Å². The van der Waals surface area contributed by atoms with E-state index >= 15 is 0 Å². The molecule has 2 N–H and O–H groups in total. The summed E-state index contributed by atoms with van der Waals surface area (Å²) in [5.41, 5.74) is 4.28. The molecule has 4 rings (SSSR count). The molecule has 0 bridgehead atoms. The number of nitrogens with one attached hydrogen (secondary N) is 1. The molecule has 3 aromatic rings. The summed E-state index contributed by atoms with van der Waals surface area (Å²) in [5, 5.41) is 12.6. The number of halogens is 1. The lowest BCUT2D eigenvalue weighted by molar-refractivity contribution is -0.139. The SMILES string of the molecule is O=C(N[C@@H](C(=O)O)C1c2ccccc2-c2ccccc21)c1cccc(Br)c1. The molecule has 0 aromatic heterocycles. The second-order valence-electron chi connectivity index (χ2n) is 6.45. The first-order valence-electron chi connectivity index (χ1n) is 8.53. The quantitative estimate of drug-likeness (QED) is 0.653. The van der Waals surface area contributed by atoms with Crippen LogP contribution in [0.15, 0.2) is 77.3 Å². The second kappa shape index (κ2) is 7.00. The van der Waals surface area contributed by atoms with E-state index in [9.17, 15) is 14.7 Å². The summed E-state index contributed by atoms with van der Waals surface area (Å²) < 4.78 is 0.763. The molecule has 27 heavy (non-hydrogen) atoms. The number of rotatable bonds is 4. The standard InChI is InChI=1S/C22H16BrNO3/c23-14-7-5-6-13(12-14)21(25)24-20(22(26)27)19-17-10-3-1-8-15(17)16-9-2-4-11-18(16)19/h1-12,19-20H,(H,24,25)(H,26,27)/t20-/m1/s1. The lowest BCUT2D eigenvalue weighted by Gasteiger charge is -2.23. The lowest BCUT2D eigenvalue weighted by Crippen LogP contribution is -2.44. The Labute approximate surface area is 165 Å². The third-order valence-electron chi connectivity index (χ3n) is 4.85. The molecule has 4 nitrogen and oxygen atoms in total. The van der Waals surface area contributed by atoms with Crippen molar-refractivity contribution < 1.29 is 14.7 Å². The molecule has 134 valence electrons. The zero-order valence-corrected chi connectivity index (χ0v) is 15.8. The Balaban J connectivity index is 1.75. The van der Waals surface area contributed by atoms with Gasteiger partial charge in [-0.25, -0.2) is 4.79 Å². The minimum absolute atomic E-state index is 0.412. The van der Waals surface area contributed by atoms with Gasteiger partial charge in [0.15, 0.2) is 0 Å². The molecule has 0 fully saturated rings. The predicted octanol–water partition coefficient (Wildman–Crippen LogP) is 4.44. The van der Waals surface area contributed by atoms with Gasteiger partial charge in [0.1, 0.15) is 6.04 Å². The van der Waals surface area contributed by atoms with Crippen molar-refractivity contribution in [3.8, 4) is 11.1 Å². The minimum atomic E-state index is -1.07. The van der Waals surface area contributed by atoms with Gasteiger partial charge in [0.05, 0.1) is 0 Å². The van der Waals surface area contributed by atoms with Gasteiger partial charge in [0.2, 0.25) is 0 Å². The van der Waals surface area contributed by atoms with Crippen molar-refractivity contribution in [3.63, 3.8) is 0 Å². The number of hydrogen-bond donors (Lipinski definition) is 2. The number of amides is 1. The number of carboxylic acids is 1. The van der Waals surface area contributed by atoms with Crippen LogP contribution in [0.2, 0.25) is 0 Å². The van der Waals surface area contributed by atoms with Gasteiger partial charge in [-0.05, 0) is 40.5 Å². The average Bonchev–Trinajstić information content (AvgIpc) is 3.00. The fourth-order valence-electron chi connectivity index (χ4n) is 3.70. The molecule has 0 unspecified atom stereocenters. The molecule has 0 aliphatic heterocycles. The van der Waals surface area contributed by atoms with Gasteiger partial charge in [0, 0.05) is 16.0 Å². The van der Waals surface area contributed by atoms with Gasteiger partial charge >= 0.3 is 5.97 Å². The van der Waals surface area contributed by atoms with Gasteiger partial charge in [-0.2, -0.15) is 0 Å². The highest BCUT2D eigenvalue weighted by atomic mass is 79.9. The number of aliphatic carboxylic acids is 1. The Kier molecular flexibility index (Phi) is 4.54. The van der Waals surface area contributed by atoms with Crippen molar-refractivity contribution in [1.82, 2.24) is 5.32 Å². The molecule has 1 amide bonds. The van der Waals surface area contributed by atoms with Crippen LogP contribution in [0.4, 0.5) is 0 Å². The summed E-state index contributed by atoms with van der Waals surface area (Å²) in [5.74, 6) is -1.91. The molecule has 3 aromatic carbocycles. The van der Waals surface area contributed by atoms with Crippen LogP contribution in [-0.4, -0.2) is 23.0 Å². The summed E-state index contributed by atoms with van der Waals surface area (Å²) in [6, 6.07) is 21.3. The number of carbonyl (C=O) groups is 2. The maximum Gasteiger partial charge on any atom is 0.327 e. The largest absolute Gasteiger partial charge is 0.480 e. The second-order valence-corrected chi connectivity index (χ2v) is 7.37. The zero-order valence-electron chi connectivity index (χ0n) is 14.2. The van der Waals surface area contributed by atoms with Gasteiger partial charge in [-0.15, -0.1) is 0 Å². The third kappa shape index (κ3) is 3.15. The lowest BCUT2D eigenvalue weighted by atomic mass is 9.89. The van der Waals surface area contributed by atoms with Crippen LogP contribution in [0.1, 0.15) is 27.4 Å². The van der Waals surface area contributed by atoms with Gasteiger partial charge < -0.3 is 10.4 Å². The van der Waals surface area contributed by atoms with E-state index in [2.05, 4.69) is 21.2 Å². The van der Waals surface area contributed by atoms with Crippen LogP contribution >= 0.6 is 15.9 Å². The molecule has 1 aliphatic rings. The summed E-state index contributed by atoms with van der Waals surface area (Å²) >= 11 is 3.34. The van der Waals surface area contributed by atoms with E-state index < -0.39 is 23.8 Å². The summed E-state index contributed by atoms with van der Waals surface area (Å²) in [4.78, 5) is 24.8. The maximum absolute atomic E-state index is 12.7. The van der Waals surface area contributed by atoms with Crippen molar-refractivity contribution >= 4 is 27.8 Å². The fourth-order valence-corrected chi connectivity index (χ4v) is 4.09. The topological polar surface area (TPSA) is 66.4 Å². The number of hydrogen-bond acceptors (Lipinski definition) is 2. The summed E-state index contributed by atoms with van der Waals surface area (Å²) in [6.07, 6.45) is 0. The average molecular weight is 422 g/mol. The highest BCUT2D eigenvalue weighted by molar-refractivity contribution is 9.10. The Morgan fingerprint density at radius 2 is 1.48 bits per heavy atom. The first-order chi connectivity index (χ1) is 13.1. The predicted molar refractivity (Wildman–Crippen MR) is 107 cm³/mol. The highest BCUT2D eigenvalue weighted by Crippen LogP contribution is 2.46. The molecule has 0 saturated carbocycles. The Hall–Kier alpha value is -2.92. The van der Waals surface area contributed by atoms with Crippen molar-refractivity contribution in [1.29, 1.82) is 0 Å². The van der Waals surface area contributed by atoms with E-state index in [0.29, 0.717) is 5.56 Å². The van der Waals surface area contributed by atoms with E-state index in [1.165, 1.54) is 0 Å². The normalized spacial score (nSPS) is 13.5. The van der Waals surface area contributed by atoms with Gasteiger partial charge in [-0.1, -0.05) is 70.5 Å². The molecular formula is C22H16BrNO3. The zero-order chi connectivity index (χ0) is 19.0. The summed E-state index contributed by atoms with van der Waals surface area (Å²) in [7, 11) is 0. The number of carboxylic acid groups (broad SMARTS) is 1. The first-order valence-corrected chi connectivity index (χ1v) is 9.33. The van der Waals surface area contributed by atoms with Crippen molar-refractivity contribution in [2.24, 2.45) is 0 Å². The van der Waals surface area contributed by atoms with Crippen molar-refractivity contribution in [2.75, 3.05) is 0 Å². The van der Waals surface area contributed by atoms with Gasteiger partial charge in [0.25, 0.3) is 5.91 Å². The molecule has 1 atom stereocenters. The van der Waals surface area contributed by atoms with E-state index in [-0.39, 0.29) is 0 Å². The van der Waals surface area contributed by atoms with Crippen LogP contribution in [0.3, 0.4) is 0 Å². The fraction of sp³-hybridized carbons (Fsp3) is 0.0909. The van der Waals surface area contributed by atoms with Crippen LogP contribution in [0.5, 0.6) is 0 Å². The molecular weight excluding hydrogens is 406 g/mol. The maximum atomic E-state index is 12.7. The monoisotopic (exact) mass is 421 g/mol. The smallest absolute Gasteiger partial charge is 0.327 e. The Morgan fingerprint density at radius 1 is 0.889 bits per heavy atom. The van der Waals surface area contributed by atoms with E-state index in [1.54, 1.807) is 18.2 Å². The number of fused-ring (bicyclic) bond motifs is 3. The molecule has 0 heterocycles. The molecule has 1 aliphatic carbocycles. The molecule has 0 radical (unpaired) electrons. The minimum Gasteiger partial charge on any atom is -0.480 e. The van der Waals surface area contributed by atoms with Crippen LogP contribution in [0, 0.1) is 0 Å². The summed E-state index contributed by atoms with van der Waals surface area (Å²) in [6.45, 7) is 0. The van der Waals surface area contributed by atoms with Crippen molar-refractivity contribution in [2.45, 2.75) is 12.0 Å². The van der Waals surface area contributed by atoms with Crippen LogP contribution < -0.4 is 5.32 Å². The van der Waals surface area contributed by atoms with E-state index in [4.69, 9.17) is 0 Å². The molecule has 0 spiro atoms. The van der Waals surface area contributed by atoms with E-state index in [1.807, 2.05) is 54.6 Å². The number of carbonyl (C=O) groups excluding carboxylic acids is 1.